The van der Waals surface area contributed by atoms with Crippen molar-refractivity contribution in [1.82, 2.24) is 5.32 Å². The van der Waals surface area contributed by atoms with E-state index in [2.05, 4.69) is 5.32 Å². The highest BCUT2D eigenvalue weighted by molar-refractivity contribution is 6.31. The van der Waals surface area contributed by atoms with Crippen LogP contribution in [-0.4, -0.2) is 35.7 Å². The highest BCUT2D eigenvalue weighted by Gasteiger charge is 2.33. The monoisotopic (exact) mass is 312 g/mol. The second kappa shape index (κ2) is 6.89. The Morgan fingerprint density at radius 3 is 2.71 bits per heavy atom. The molecule has 114 valence electrons. The molecule has 3 atom stereocenters. The minimum absolute atomic E-state index is 0.149. The molecule has 0 bridgehead atoms. The van der Waals surface area contributed by atoms with Gasteiger partial charge in [0.25, 0.3) is 0 Å². The average molecular weight is 313 g/mol. The largest absolute Gasteiger partial charge is 0.479 e. The van der Waals surface area contributed by atoms with Crippen molar-refractivity contribution in [3.8, 4) is 0 Å². The summed E-state index contributed by atoms with van der Waals surface area (Å²) in [6.07, 6.45) is 0.410. The SMILES string of the molecule is NCC1CCC(C(=O)N[C@@H](C(=O)O)c2ccccc2Cl)O1. The van der Waals surface area contributed by atoms with Gasteiger partial charge in [0.15, 0.2) is 6.04 Å². The van der Waals surface area contributed by atoms with Crippen LogP contribution >= 0.6 is 11.6 Å². The fourth-order valence-electron chi connectivity index (χ4n) is 2.29. The molecule has 1 aliphatic rings. The number of hydrogen-bond donors (Lipinski definition) is 3. The molecule has 1 aromatic carbocycles. The van der Waals surface area contributed by atoms with Crippen molar-refractivity contribution < 1.29 is 19.4 Å². The summed E-state index contributed by atoms with van der Waals surface area (Å²) in [6.45, 7) is 0.344. The number of rotatable bonds is 5. The van der Waals surface area contributed by atoms with Gasteiger partial charge in [0, 0.05) is 17.1 Å². The van der Waals surface area contributed by atoms with Crippen LogP contribution in [0.3, 0.4) is 0 Å². The summed E-state index contributed by atoms with van der Waals surface area (Å²) >= 11 is 5.99. The molecule has 21 heavy (non-hydrogen) atoms. The van der Waals surface area contributed by atoms with Crippen LogP contribution in [0, 0.1) is 0 Å². The third-order valence-corrected chi connectivity index (χ3v) is 3.76. The summed E-state index contributed by atoms with van der Waals surface area (Å²) in [4.78, 5) is 23.5. The fourth-order valence-corrected chi connectivity index (χ4v) is 2.53. The maximum absolute atomic E-state index is 12.1. The number of benzene rings is 1. The highest BCUT2D eigenvalue weighted by Crippen LogP contribution is 2.24. The molecule has 1 heterocycles. The van der Waals surface area contributed by atoms with Crippen LogP contribution in [-0.2, 0) is 14.3 Å². The number of halogens is 1. The number of carbonyl (C=O) groups is 2. The molecule has 1 amide bonds. The van der Waals surface area contributed by atoms with Gasteiger partial charge >= 0.3 is 5.97 Å². The van der Waals surface area contributed by atoms with Crippen molar-refractivity contribution >= 4 is 23.5 Å². The summed E-state index contributed by atoms with van der Waals surface area (Å²) in [5.74, 6) is -1.64. The zero-order valence-electron chi connectivity index (χ0n) is 11.3. The molecule has 0 spiro atoms. The normalized spacial score (nSPS) is 22.8. The molecule has 6 nitrogen and oxygen atoms in total. The number of nitrogens with two attached hydrogens (primary N) is 1. The van der Waals surface area contributed by atoms with Crippen LogP contribution in [0.25, 0.3) is 0 Å². The lowest BCUT2D eigenvalue weighted by atomic mass is 10.1. The van der Waals surface area contributed by atoms with E-state index >= 15 is 0 Å². The smallest absolute Gasteiger partial charge is 0.330 e. The van der Waals surface area contributed by atoms with E-state index in [1.807, 2.05) is 0 Å². The molecule has 0 saturated carbocycles. The van der Waals surface area contributed by atoms with Gasteiger partial charge in [-0.15, -0.1) is 0 Å². The number of carboxylic acids is 1. The van der Waals surface area contributed by atoms with Gasteiger partial charge in [0.1, 0.15) is 6.10 Å². The third kappa shape index (κ3) is 3.72. The molecule has 0 radical (unpaired) electrons. The maximum Gasteiger partial charge on any atom is 0.330 e. The van der Waals surface area contributed by atoms with Gasteiger partial charge in [0.2, 0.25) is 5.91 Å². The van der Waals surface area contributed by atoms with E-state index in [0.29, 0.717) is 24.9 Å². The molecule has 1 aliphatic heterocycles. The first-order valence-corrected chi connectivity index (χ1v) is 7.04. The molecule has 1 saturated heterocycles. The Morgan fingerprint density at radius 2 is 2.14 bits per heavy atom. The molecule has 1 fully saturated rings. The van der Waals surface area contributed by atoms with Crippen LogP contribution < -0.4 is 11.1 Å². The molecule has 2 unspecified atom stereocenters. The zero-order chi connectivity index (χ0) is 15.4. The molecule has 1 aromatic rings. The third-order valence-electron chi connectivity index (χ3n) is 3.41. The minimum Gasteiger partial charge on any atom is -0.479 e. The highest BCUT2D eigenvalue weighted by atomic mass is 35.5. The van der Waals surface area contributed by atoms with Gasteiger partial charge in [-0.05, 0) is 18.9 Å². The van der Waals surface area contributed by atoms with Crippen LogP contribution in [0.5, 0.6) is 0 Å². The molecule has 2 rings (SSSR count). The molecule has 7 heteroatoms. The fraction of sp³-hybridized carbons (Fsp3) is 0.429. The van der Waals surface area contributed by atoms with Gasteiger partial charge in [-0.3, -0.25) is 4.79 Å². The Morgan fingerprint density at radius 1 is 1.43 bits per heavy atom. The van der Waals surface area contributed by atoms with Crippen molar-refractivity contribution in [2.45, 2.75) is 31.1 Å². The molecular formula is C14H17ClN2O4. The van der Waals surface area contributed by atoms with Gasteiger partial charge in [0.05, 0.1) is 6.10 Å². The summed E-state index contributed by atoms with van der Waals surface area (Å²) in [7, 11) is 0. The Hall–Kier alpha value is -1.63. The Balaban J connectivity index is 2.09. The molecular weight excluding hydrogens is 296 g/mol. The second-order valence-electron chi connectivity index (χ2n) is 4.86. The van der Waals surface area contributed by atoms with E-state index in [1.165, 1.54) is 0 Å². The lowest BCUT2D eigenvalue weighted by Gasteiger charge is -2.19. The number of hydrogen-bond acceptors (Lipinski definition) is 4. The Kier molecular flexibility index (Phi) is 5.17. The standard InChI is InChI=1S/C14H17ClN2O4/c15-10-4-2-1-3-9(10)12(14(19)20)17-13(18)11-6-5-8(7-16)21-11/h1-4,8,11-12H,5-7,16H2,(H,17,18)(H,19,20)/t8?,11?,12-/m1/s1. The quantitative estimate of drug-likeness (QED) is 0.755. The van der Waals surface area contributed by atoms with Crippen molar-refractivity contribution in [1.29, 1.82) is 0 Å². The summed E-state index contributed by atoms with van der Waals surface area (Å²) < 4.78 is 5.46. The van der Waals surface area contributed by atoms with Crippen molar-refractivity contribution in [2.75, 3.05) is 6.54 Å². The summed E-state index contributed by atoms with van der Waals surface area (Å²) in [5.41, 5.74) is 5.83. The first kappa shape index (κ1) is 15.8. The second-order valence-corrected chi connectivity index (χ2v) is 5.27. The topological polar surface area (TPSA) is 102 Å². The lowest BCUT2D eigenvalue weighted by molar-refractivity contribution is -0.144. The van der Waals surface area contributed by atoms with Crippen LogP contribution in [0.1, 0.15) is 24.4 Å². The number of aliphatic carboxylic acids is 1. The maximum atomic E-state index is 12.1. The zero-order valence-corrected chi connectivity index (χ0v) is 12.0. The Bertz CT molecular complexity index is 537. The number of amides is 1. The first-order valence-electron chi connectivity index (χ1n) is 6.66. The van der Waals surface area contributed by atoms with Gasteiger partial charge in [-0.25, -0.2) is 4.79 Å². The molecule has 0 aliphatic carbocycles. The molecule has 4 N–H and O–H groups in total. The van der Waals surface area contributed by atoms with Crippen LogP contribution in [0.4, 0.5) is 0 Å². The van der Waals surface area contributed by atoms with E-state index < -0.39 is 24.0 Å². The summed E-state index contributed by atoms with van der Waals surface area (Å²) in [5, 5.41) is 12.1. The van der Waals surface area contributed by atoms with Gasteiger partial charge in [-0.2, -0.15) is 0 Å². The molecule has 0 aromatic heterocycles. The predicted molar refractivity (Wildman–Crippen MR) is 76.9 cm³/mol. The van der Waals surface area contributed by atoms with Crippen LogP contribution in [0.2, 0.25) is 5.02 Å². The van der Waals surface area contributed by atoms with E-state index in [1.54, 1.807) is 24.3 Å². The van der Waals surface area contributed by atoms with E-state index in [4.69, 9.17) is 22.1 Å². The van der Waals surface area contributed by atoms with E-state index in [9.17, 15) is 14.7 Å². The number of carboxylic acid groups (broad SMARTS) is 1. The lowest BCUT2D eigenvalue weighted by Crippen LogP contribution is -2.40. The first-order chi connectivity index (χ1) is 10.0. The number of carbonyl (C=O) groups excluding carboxylic acids is 1. The minimum atomic E-state index is -1.20. The van der Waals surface area contributed by atoms with Gasteiger partial charge < -0.3 is 20.9 Å². The number of nitrogens with one attached hydrogen (secondary N) is 1. The van der Waals surface area contributed by atoms with Crippen LogP contribution in [0.15, 0.2) is 24.3 Å². The van der Waals surface area contributed by atoms with E-state index in [0.717, 1.165) is 0 Å². The van der Waals surface area contributed by atoms with Crippen molar-refractivity contribution in [2.24, 2.45) is 5.73 Å². The number of ether oxygens (including phenoxy) is 1. The van der Waals surface area contributed by atoms with Gasteiger partial charge in [-0.1, -0.05) is 29.8 Å². The Labute approximate surface area is 127 Å². The van der Waals surface area contributed by atoms with Crippen molar-refractivity contribution in [3.63, 3.8) is 0 Å². The summed E-state index contributed by atoms with van der Waals surface area (Å²) in [6, 6.07) is 5.31. The predicted octanol–water partition coefficient (Wildman–Crippen LogP) is 1.09. The van der Waals surface area contributed by atoms with E-state index in [-0.39, 0.29) is 11.1 Å². The average Bonchev–Trinajstić information content (AvgIpc) is 2.94. The van der Waals surface area contributed by atoms with Crippen molar-refractivity contribution in [3.05, 3.63) is 34.9 Å².